The van der Waals surface area contributed by atoms with E-state index in [0.29, 0.717) is 5.92 Å². The molecule has 1 heterocycles. The smallest absolute Gasteiger partial charge is 0.0543 e. The van der Waals surface area contributed by atoms with Crippen molar-refractivity contribution >= 4 is 0 Å². The summed E-state index contributed by atoms with van der Waals surface area (Å²) in [7, 11) is 2.13. The molecule has 2 rings (SSSR count). The zero-order chi connectivity index (χ0) is 11.4. The van der Waals surface area contributed by atoms with Crippen LogP contribution in [0.4, 0.5) is 0 Å². The van der Waals surface area contributed by atoms with Gasteiger partial charge in [-0.2, -0.15) is 0 Å². The van der Waals surface area contributed by atoms with Crippen LogP contribution in [0.3, 0.4) is 0 Å². The molecule has 0 aliphatic heterocycles. The number of aromatic nitrogens is 1. The van der Waals surface area contributed by atoms with Gasteiger partial charge in [0.1, 0.15) is 0 Å². The van der Waals surface area contributed by atoms with Crippen LogP contribution in [0.2, 0.25) is 0 Å². The highest BCUT2D eigenvalue weighted by Gasteiger charge is 2.17. The molecule has 0 saturated carbocycles. The summed E-state index contributed by atoms with van der Waals surface area (Å²) in [4.78, 5) is 6.62. The van der Waals surface area contributed by atoms with Crippen LogP contribution in [-0.2, 0) is 6.54 Å². The van der Waals surface area contributed by atoms with Crippen LogP contribution in [0.25, 0.3) is 0 Å². The Hall–Kier alpha value is -1.19. The van der Waals surface area contributed by atoms with Crippen molar-refractivity contribution in [2.24, 2.45) is 11.7 Å². The van der Waals surface area contributed by atoms with Crippen molar-refractivity contribution < 1.29 is 0 Å². The predicted molar refractivity (Wildman–Crippen MR) is 65.8 cm³/mol. The average Bonchev–Trinajstić information content (AvgIpc) is 2.65. The van der Waals surface area contributed by atoms with Gasteiger partial charge in [-0.3, -0.25) is 9.88 Å². The van der Waals surface area contributed by atoms with Gasteiger partial charge in [0.15, 0.2) is 0 Å². The first kappa shape index (κ1) is 11.3. The third-order valence-corrected chi connectivity index (χ3v) is 2.91. The largest absolute Gasteiger partial charge is 0.324 e. The quantitative estimate of drug-likeness (QED) is 0.776. The SMILES string of the molecule is CN(Cc1ccccn1)CC1C=CC(N)C1. The van der Waals surface area contributed by atoms with Gasteiger partial charge in [0.05, 0.1) is 5.69 Å². The van der Waals surface area contributed by atoms with Crippen LogP contribution in [0.1, 0.15) is 12.1 Å². The highest BCUT2D eigenvalue weighted by Crippen LogP contribution is 2.17. The van der Waals surface area contributed by atoms with Gasteiger partial charge in [0.2, 0.25) is 0 Å². The minimum absolute atomic E-state index is 0.258. The fourth-order valence-corrected chi connectivity index (χ4v) is 2.18. The number of nitrogens with two attached hydrogens (primary N) is 1. The first-order chi connectivity index (χ1) is 7.74. The molecule has 2 atom stereocenters. The van der Waals surface area contributed by atoms with Gasteiger partial charge in [-0.25, -0.2) is 0 Å². The van der Waals surface area contributed by atoms with E-state index < -0.39 is 0 Å². The van der Waals surface area contributed by atoms with E-state index in [1.54, 1.807) is 0 Å². The molecule has 16 heavy (non-hydrogen) atoms. The molecule has 1 aromatic rings. The zero-order valence-corrected chi connectivity index (χ0v) is 9.71. The molecule has 0 radical (unpaired) electrons. The lowest BCUT2D eigenvalue weighted by Crippen LogP contribution is -2.26. The first-order valence-corrected chi connectivity index (χ1v) is 5.76. The van der Waals surface area contributed by atoms with Crippen LogP contribution < -0.4 is 5.73 Å². The Balaban J connectivity index is 1.81. The number of hydrogen-bond donors (Lipinski definition) is 1. The zero-order valence-electron chi connectivity index (χ0n) is 9.71. The molecule has 1 aliphatic rings. The monoisotopic (exact) mass is 217 g/mol. The Kier molecular flexibility index (Phi) is 3.70. The molecule has 0 bridgehead atoms. The van der Waals surface area contributed by atoms with Gasteiger partial charge in [0, 0.05) is 25.3 Å². The Morgan fingerprint density at radius 2 is 2.31 bits per heavy atom. The molecule has 3 nitrogen and oxygen atoms in total. The van der Waals surface area contributed by atoms with Crippen molar-refractivity contribution in [2.45, 2.75) is 19.0 Å². The van der Waals surface area contributed by atoms with E-state index in [4.69, 9.17) is 5.73 Å². The summed E-state index contributed by atoms with van der Waals surface area (Å²) in [5.41, 5.74) is 6.96. The van der Waals surface area contributed by atoms with Gasteiger partial charge in [-0.15, -0.1) is 0 Å². The number of pyridine rings is 1. The summed E-state index contributed by atoms with van der Waals surface area (Å²) in [5.74, 6) is 0.601. The van der Waals surface area contributed by atoms with Gasteiger partial charge in [-0.1, -0.05) is 18.2 Å². The maximum atomic E-state index is 5.84. The average molecular weight is 217 g/mol. The Labute approximate surface area is 97.0 Å². The molecule has 0 fully saturated rings. The molecule has 0 aromatic carbocycles. The van der Waals surface area contributed by atoms with Crippen molar-refractivity contribution in [3.05, 3.63) is 42.2 Å². The van der Waals surface area contributed by atoms with Crippen LogP contribution in [0.5, 0.6) is 0 Å². The van der Waals surface area contributed by atoms with Crippen molar-refractivity contribution in [3.8, 4) is 0 Å². The highest BCUT2D eigenvalue weighted by molar-refractivity contribution is 5.06. The molecule has 0 spiro atoms. The lowest BCUT2D eigenvalue weighted by molar-refractivity contribution is 0.285. The normalized spacial score (nSPS) is 24.2. The molecule has 0 amide bonds. The maximum Gasteiger partial charge on any atom is 0.0543 e. The lowest BCUT2D eigenvalue weighted by atomic mass is 10.1. The number of rotatable bonds is 4. The molecule has 3 heteroatoms. The Morgan fingerprint density at radius 1 is 1.44 bits per heavy atom. The van der Waals surface area contributed by atoms with Gasteiger partial charge in [0.25, 0.3) is 0 Å². The van der Waals surface area contributed by atoms with E-state index in [0.717, 1.165) is 25.2 Å². The predicted octanol–water partition coefficient (Wildman–Crippen LogP) is 1.42. The molecule has 1 aliphatic carbocycles. The fourth-order valence-electron chi connectivity index (χ4n) is 2.18. The van der Waals surface area contributed by atoms with Crippen molar-refractivity contribution in [3.63, 3.8) is 0 Å². The third kappa shape index (κ3) is 3.15. The maximum absolute atomic E-state index is 5.84. The minimum Gasteiger partial charge on any atom is -0.324 e. The summed E-state index contributed by atoms with van der Waals surface area (Å²) in [6, 6.07) is 6.30. The van der Waals surface area contributed by atoms with Crippen molar-refractivity contribution in [1.82, 2.24) is 9.88 Å². The molecular weight excluding hydrogens is 198 g/mol. The van der Waals surface area contributed by atoms with E-state index in [2.05, 4.69) is 35.1 Å². The van der Waals surface area contributed by atoms with E-state index in [-0.39, 0.29) is 6.04 Å². The lowest BCUT2D eigenvalue weighted by Gasteiger charge is -2.19. The molecule has 1 aromatic heterocycles. The van der Waals surface area contributed by atoms with Crippen LogP contribution in [0.15, 0.2) is 36.5 Å². The Morgan fingerprint density at radius 3 is 2.94 bits per heavy atom. The molecule has 2 unspecified atom stereocenters. The summed E-state index contributed by atoms with van der Waals surface area (Å²) < 4.78 is 0. The molecule has 86 valence electrons. The van der Waals surface area contributed by atoms with Gasteiger partial charge >= 0.3 is 0 Å². The third-order valence-electron chi connectivity index (χ3n) is 2.91. The number of nitrogens with zero attached hydrogens (tertiary/aromatic N) is 2. The number of hydrogen-bond acceptors (Lipinski definition) is 3. The molecule has 0 saturated heterocycles. The molecule has 2 N–H and O–H groups in total. The van der Waals surface area contributed by atoms with Crippen molar-refractivity contribution in [1.29, 1.82) is 0 Å². The van der Waals surface area contributed by atoms with E-state index in [9.17, 15) is 0 Å². The standard InChI is InChI=1S/C13H19N3/c1-16(9-11-5-6-12(14)8-11)10-13-4-2-3-7-15-13/h2-7,11-12H,8-10,14H2,1H3. The van der Waals surface area contributed by atoms with Crippen LogP contribution in [-0.4, -0.2) is 29.5 Å². The summed E-state index contributed by atoms with van der Waals surface area (Å²) in [6.07, 6.45) is 7.26. The minimum atomic E-state index is 0.258. The van der Waals surface area contributed by atoms with E-state index >= 15 is 0 Å². The first-order valence-electron chi connectivity index (χ1n) is 5.76. The highest BCUT2D eigenvalue weighted by atomic mass is 15.1. The van der Waals surface area contributed by atoms with E-state index in [1.165, 1.54) is 0 Å². The topological polar surface area (TPSA) is 42.2 Å². The fraction of sp³-hybridized carbons (Fsp3) is 0.462. The summed E-state index contributed by atoms with van der Waals surface area (Å²) in [6.45, 7) is 1.96. The van der Waals surface area contributed by atoms with Gasteiger partial charge in [-0.05, 0) is 31.5 Å². The van der Waals surface area contributed by atoms with Crippen molar-refractivity contribution in [2.75, 3.05) is 13.6 Å². The van der Waals surface area contributed by atoms with Crippen LogP contribution in [0, 0.1) is 5.92 Å². The second-order valence-corrected chi connectivity index (χ2v) is 4.56. The van der Waals surface area contributed by atoms with E-state index in [1.807, 2.05) is 18.3 Å². The Bertz CT molecular complexity index is 347. The summed E-state index contributed by atoms with van der Waals surface area (Å²) >= 11 is 0. The second-order valence-electron chi connectivity index (χ2n) is 4.56. The second kappa shape index (κ2) is 5.23. The van der Waals surface area contributed by atoms with Crippen LogP contribution >= 0.6 is 0 Å². The summed E-state index contributed by atoms with van der Waals surface area (Å²) in [5, 5.41) is 0. The molecular formula is C13H19N3. The van der Waals surface area contributed by atoms with Gasteiger partial charge < -0.3 is 5.73 Å².